The van der Waals surface area contributed by atoms with Gasteiger partial charge in [-0.2, -0.15) is 4.98 Å². The summed E-state index contributed by atoms with van der Waals surface area (Å²) in [6.07, 6.45) is 6.23. The summed E-state index contributed by atoms with van der Waals surface area (Å²) in [4.78, 5) is 8.88. The zero-order chi connectivity index (χ0) is 14.2. The Bertz CT molecular complexity index is 590. The lowest BCUT2D eigenvalue weighted by Crippen LogP contribution is -2.05. The number of nitrogens with zero attached hydrogens (tertiary/aromatic N) is 2. The van der Waals surface area contributed by atoms with Gasteiger partial charge in [-0.05, 0) is 6.42 Å². The van der Waals surface area contributed by atoms with Crippen molar-refractivity contribution in [2.45, 2.75) is 13.3 Å². The summed E-state index contributed by atoms with van der Waals surface area (Å²) in [5.74, 6) is 4.28. The molecule has 4 heteroatoms. The van der Waals surface area contributed by atoms with E-state index in [2.05, 4.69) is 28.1 Å². The highest BCUT2D eigenvalue weighted by Crippen LogP contribution is 2.21. The number of benzene rings is 1. The summed E-state index contributed by atoms with van der Waals surface area (Å²) in [7, 11) is 0. The first kappa shape index (κ1) is 13.9. The highest BCUT2D eigenvalue weighted by Gasteiger charge is 2.07. The Morgan fingerprint density at radius 3 is 2.75 bits per heavy atom. The minimum atomic E-state index is 0.193. The largest absolute Gasteiger partial charge is 0.464 e. The van der Waals surface area contributed by atoms with Gasteiger partial charge in [0.2, 0.25) is 5.88 Å². The van der Waals surface area contributed by atoms with Crippen molar-refractivity contribution in [1.29, 1.82) is 0 Å². The molecule has 20 heavy (non-hydrogen) atoms. The minimum Gasteiger partial charge on any atom is -0.464 e. The van der Waals surface area contributed by atoms with Gasteiger partial charge in [0.05, 0.1) is 0 Å². The second-order valence-electron chi connectivity index (χ2n) is 4.20. The number of rotatable bonds is 6. The minimum absolute atomic E-state index is 0.193. The molecule has 0 radical (unpaired) electrons. The third-order valence-electron chi connectivity index (χ3n) is 2.59. The average molecular weight is 267 g/mol. The fourth-order valence-electron chi connectivity index (χ4n) is 1.67. The molecule has 0 aliphatic heterocycles. The third-order valence-corrected chi connectivity index (χ3v) is 2.59. The number of hydrogen-bond acceptors (Lipinski definition) is 4. The molecule has 0 atom stereocenters. The van der Waals surface area contributed by atoms with Gasteiger partial charge < -0.3 is 10.1 Å². The molecule has 0 bridgehead atoms. The molecule has 2 aromatic rings. The van der Waals surface area contributed by atoms with Crippen molar-refractivity contribution in [3.8, 4) is 29.6 Å². The first-order chi connectivity index (χ1) is 9.83. The molecule has 0 saturated carbocycles. The molecule has 4 nitrogen and oxygen atoms in total. The molecule has 0 aliphatic carbocycles. The van der Waals surface area contributed by atoms with Crippen LogP contribution in [0.4, 0.5) is 5.82 Å². The lowest BCUT2D eigenvalue weighted by Gasteiger charge is -2.09. The van der Waals surface area contributed by atoms with Gasteiger partial charge in [0, 0.05) is 18.2 Å². The molecule has 0 saturated heterocycles. The Hall–Kier alpha value is -2.54. The van der Waals surface area contributed by atoms with Crippen LogP contribution in [0, 0.1) is 12.3 Å². The Labute approximate surface area is 119 Å². The summed E-state index contributed by atoms with van der Waals surface area (Å²) < 4.78 is 5.41. The van der Waals surface area contributed by atoms with Crippen LogP contribution in [0.3, 0.4) is 0 Å². The van der Waals surface area contributed by atoms with E-state index in [4.69, 9.17) is 11.2 Å². The molecule has 0 aliphatic rings. The molecular formula is C16H17N3O. The zero-order valence-corrected chi connectivity index (χ0v) is 11.5. The van der Waals surface area contributed by atoms with E-state index in [0.717, 1.165) is 24.3 Å². The van der Waals surface area contributed by atoms with Crippen molar-refractivity contribution < 1.29 is 4.74 Å². The maximum absolute atomic E-state index is 5.41. The van der Waals surface area contributed by atoms with Gasteiger partial charge in [0.15, 0.2) is 12.4 Å². The molecule has 1 heterocycles. The number of aromatic nitrogens is 2. The smallest absolute Gasteiger partial charge is 0.220 e. The first-order valence-corrected chi connectivity index (χ1v) is 6.58. The van der Waals surface area contributed by atoms with Gasteiger partial charge in [-0.15, -0.1) is 6.42 Å². The molecule has 1 aromatic heterocycles. The topological polar surface area (TPSA) is 47.0 Å². The van der Waals surface area contributed by atoms with Crippen LogP contribution in [0.5, 0.6) is 5.88 Å². The van der Waals surface area contributed by atoms with Crippen molar-refractivity contribution in [1.82, 2.24) is 9.97 Å². The highest BCUT2D eigenvalue weighted by atomic mass is 16.5. The number of anilines is 1. The van der Waals surface area contributed by atoms with Gasteiger partial charge in [-0.3, -0.25) is 0 Å². The quantitative estimate of drug-likeness (QED) is 0.817. The molecule has 2 rings (SSSR count). The van der Waals surface area contributed by atoms with E-state index in [9.17, 15) is 0 Å². The molecular weight excluding hydrogens is 250 g/mol. The predicted octanol–water partition coefficient (Wildman–Crippen LogP) is 2.98. The second-order valence-corrected chi connectivity index (χ2v) is 4.20. The zero-order valence-electron chi connectivity index (χ0n) is 11.5. The monoisotopic (exact) mass is 267 g/mol. The van der Waals surface area contributed by atoms with Crippen LogP contribution >= 0.6 is 0 Å². The number of terminal acetylenes is 1. The Morgan fingerprint density at radius 1 is 1.25 bits per heavy atom. The highest BCUT2D eigenvalue weighted by molar-refractivity contribution is 5.58. The number of nitrogens with one attached hydrogen (secondary N) is 1. The maximum atomic E-state index is 5.41. The summed E-state index contributed by atoms with van der Waals surface area (Å²) in [6.45, 7) is 3.14. The van der Waals surface area contributed by atoms with Crippen molar-refractivity contribution in [3.05, 3.63) is 36.4 Å². The van der Waals surface area contributed by atoms with Gasteiger partial charge in [0.25, 0.3) is 0 Å². The van der Waals surface area contributed by atoms with Crippen molar-refractivity contribution in [2.24, 2.45) is 0 Å². The van der Waals surface area contributed by atoms with E-state index in [0.29, 0.717) is 11.7 Å². The Balaban J connectivity index is 2.32. The van der Waals surface area contributed by atoms with Gasteiger partial charge in [-0.1, -0.05) is 43.2 Å². The lowest BCUT2D eigenvalue weighted by atomic mass is 10.2. The molecule has 0 spiro atoms. The van der Waals surface area contributed by atoms with Crippen LogP contribution in [0.1, 0.15) is 13.3 Å². The van der Waals surface area contributed by atoms with Crippen molar-refractivity contribution in [3.63, 3.8) is 0 Å². The number of ether oxygens (including phenoxy) is 1. The van der Waals surface area contributed by atoms with Crippen LogP contribution in [-0.4, -0.2) is 23.1 Å². The molecule has 0 fully saturated rings. The first-order valence-electron chi connectivity index (χ1n) is 6.58. The van der Waals surface area contributed by atoms with Crippen LogP contribution in [0.15, 0.2) is 36.4 Å². The van der Waals surface area contributed by atoms with E-state index in [1.54, 1.807) is 6.07 Å². The molecule has 0 amide bonds. The lowest BCUT2D eigenvalue weighted by molar-refractivity contribution is 0.355. The summed E-state index contributed by atoms with van der Waals surface area (Å²) >= 11 is 0. The van der Waals surface area contributed by atoms with E-state index in [1.807, 2.05) is 30.3 Å². The number of hydrogen-bond donors (Lipinski definition) is 1. The molecule has 0 unspecified atom stereocenters. The van der Waals surface area contributed by atoms with Crippen molar-refractivity contribution >= 4 is 5.82 Å². The average Bonchev–Trinajstić information content (AvgIpc) is 2.51. The van der Waals surface area contributed by atoms with Crippen LogP contribution in [0.2, 0.25) is 0 Å². The molecule has 102 valence electrons. The van der Waals surface area contributed by atoms with Crippen LogP contribution in [-0.2, 0) is 0 Å². The van der Waals surface area contributed by atoms with Gasteiger partial charge >= 0.3 is 0 Å². The third kappa shape index (κ3) is 3.72. The molecule has 1 N–H and O–H groups in total. The second kappa shape index (κ2) is 7.15. The fraction of sp³-hybridized carbons (Fsp3) is 0.250. The summed E-state index contributed by atoms with van der Waals surface area (Å²) in [5.41, 5.74) is 0.943. The van der Waals surface area contributed by atoms with Gasteiger partial charge in [0.1, 0.15) is 5.82 Å². The van der Waals surface area contributed by atoms with Crippen molar-refractivity contribution in [2.75, 3.05) is 18.5 Å². The Morgan fingerprint density at radius 2 is 2.05 bits per heavy atom. The molecule has 1 aromatic carbocycles. The maximum Gasteiger partial charge on any atom is 0.220 e. The van der Waals surface area contributed by atoms with E-state index in [-0.39, 0.29) is 6.61 Å². The Kier molecular flexibility index (Phi) is 4.96. The van der Waals surface area contributed by atoms with Crippen LogP contribution < -0.4 is 10.1 Å². The standard InChI is InChI=1S/C16H17N3O/c1-3-10-17-14-12-15(20-11-4-2)19-16(18-14)13-8-6-5-7-9-13/h2,5-9,12H,3,10-11H2,1H3,(H,17,18,19). The summed E-state index contributed by atoms with van der Waals surface area (Å²) in [6, 6.07) is 11.5. The SMILES string of the molecule is C#CCOc1cc(NCCC)nc(-c2ccccc2)n1. The van der Waals surface area contributed by atoms with E-state index < -0.39 is 0 Å². The van der Waals surface area contributed by atoms with E-state index in [1.165, 1.54) is 0 Å². The van der Waals surface area contributed by atoms with E-state index >= 15 is 0 Å². The van der Waals surface area contributed by atoms with Gasteiger partial charge in [-0.25, -0.2) is 4.98 Å². The van der Waals surface area contributed by atoms with Crippen LogP contribution in [0.25, 0.3) is 11.4 Å². The fourth-order valence-corrected chi connectivity index (χ4v) is 1.67. The normalized spacial score (nSPS) is 9.80. The summed E-state index contributed by atoms with van der Waals surface area (Å²) in [5, 5.41) is 3.24. The predicted molar refractivity (Wildman–Crippen MR) is 80.6 cm³/mol.